The number of hydrogen-bond donors (Lipinski definition) is 0. The molecule has 70 valence electrons. The predicted molar refractivity (Wildman–Crippen MR) is 52.7 cm³/mol. The molecule has 0 bridgehead atoms. The molecule has 0 unspecified atom stereocenters. The number of carbonyl (C=O) groups excluding carboxylic acids is 1. The Bertz CT molecular complexity index is 321. The Morgan fingerprint density at radius 3 is 2.77 bits per heavy atom. The van der Waals surface area contributed by atoms with Crippen molar-refractivity contribution in [3.05, 3.63) is 28.3 Å². The highest BCUT2D eigenvalue weighted by Gasteiger charge is 2.08. The van der Waals surface area contributed by atoms with Gasteiger partial charge >= 0.3 is 0 Å². The lowest BCUT2D eigenvalue weighted by molar-refractivity contribution is 0.112. The number of halogens is 1. The van der Waals surface area contributed by atoms with Gasteiger partial charge in [0.05, 0.1) is 17.2 Å². The normalized spacial score (nSPS) is 9.77. The van der Waals surface area contributed by atoms with E-state index in [1.807, 2.05) is 13.8 Å². The Hall–Kier alpha value is -1.02. The Labute approximate surface area is 82.5 Å². The van der Waals surface area contributed by atoms with Gasteiger partial charge in [0, 0.05) is 0 Å². The summed E-state index contributed by atoms with van der Waals surface area (Å²) in [6.07, 6.45) is 0.754. The largest absolute Gasteiger partial charge is 0.492 e. The number of benzene rings is 1. The summed E-state index contributed by atoms with van der Waals surface area (Å²) >= 11 is 5.91. The summed E-state index contributed by atoms with van der Waals surface area (Å²) in [5.41, 5.74) is 1.46. The van der Waals surface area contributed by atoms with Gasteiger partial charge in [0.2, 0.25) is 0 Å². The Morgan fingerprint density at radius 2 is 2.23 bits per heavy atom. The molecule has 0 amide bonds. The van der Waals surface area contributed by atoms with Crippen LogP contribution in [-0.4, -0.2) is 12.9 Å². The summed E-state index contributed by atoms with van der Waals surface area (Å²) in [5, 5.41) is 0.490. The van der Waals surface area contributed by atoms with Gasteiger partial charge in [0.25, 0.3) is 0 Å². The lowest BCUT2D eigenvalue weighted by Crippen LogP contribution is -1.97. The summed E-state index contributed by atoms with van der Waals surface area (Å²) in [5.74, 6) is 0.477. The van der Waals surface area contributed by atoms with Gasteiger partial charge in [-0.2, -0.15) is 0 Å². The first kappa shape index (κ1) is 10.1. The van der Waals surface area contributed by atoms with E-state index in [9.17, 15) is 4.79 Å². The molecule has 0 N–H and O–H groups in total. The van der Waals surface area contributed by atoms with E-state index in [4.69, 9.17) is 16.3 Å². The lowest BCUT2D eigenvalue weighted by atomic mass is 10.1. The van der Waals surface area contributed by atoms with Crippen LogP contribution in [0.25, 0.3) is 0 Å². The molecule has 0 spiro atoms. The molecular weight excluding hydrogens is 188 g/mol. The van der Waals surface area contributed by atoms with E-state index in [0.29, 0.717) is 22.9 Å². The molecular formula is C10H11ClO2. The maximum absolute atomic E-state index is 10.7. The fraction of sp³-hybridized carbons (Fsp3) is 0.300. The Kier molecular flexibility index (Phi) is 3.32. The number of carbonyl (C=O) groups is 1. The van der Waals surface area contributed by atoms with E-state index >= 15 is 0 Å². The second-order valence-electron chi connectivity index (χ2n) is 2.72. The predicted octanol–water partition coefficient (Wildman–Crippen LogP) is 2.86. The van der Waals surface area contributed by atoms with Crippen LogP contribution in [0.15, 0.2) is 12.1 Å². The zero-order valence-corrected chi connectivity index (χ0v) is 8.39. The molecule has 2 nitrogen and oxygen atoms in total. The van der Waals surface area contributed by atoms with Crippen molar-refractivity contribution < 1.29 is 9.53 Å². The van der Waals surface area contributed by atoms with Crippen LogP contribution in [-0.2, 0) is 0 Å². The summed E-state index contributed by atoms with van der Waals surface area (Å²) < 4.78 is 5.25. The van der Waals surface area contributed by atoms with Crippen molar-refractivity contribution >= 4 is 17.9 Å². The van der Waals surface area contributed by atoms with Gasteiger partial charge < -0.3 is 4.74 Å². The van der Waals surface area contributed by atoms with Crippen molar-refractivity contribution in [2.24, 2.45) is 0 Å². The molecule has 13 heavy (non-hydrogen) atoms. The van der Waals surface area contributed by atoms with Gasteiger partial charge in [-0.1, -0.05) is 11.6 Å². The number of aldehydes is 1. The van der Waals surface area contributed by atoms with Crippen molar-refractivity contribution in [3.63, 3.8) is 0 Å². The molecule has 1 aromatic carbocycles. The summed E-state index contributed by atoms with van der Waals surface area (Å²) in [6.45, 7) is 4.24. The van der Waals surface area contributed by atoms with Gasteiger partial charge in [-0.05, 0) is 31.5 Å². The monoisotopic (exact) mass is 198 g/mol. The number of aryl methyl sites for hydroxylation is 1. The molecule has 0 aliphatic rings. The summed E-state index contributed by atoms with van der Waals surface area (Å²) in [7, 11) is 0. The number of hydrogen-bond acceptors (Lipinski definition) is 2. The standard InChI is InChI=1S/C10H11ClO2/c1-3-13-10-8(6-12)4-7(2)5-9(10)11/h4-6H,3H2,1-2H3. The summed E-state index contributed by atoms with van der Waals surface area (Å²) in [4.78, 5) is 10.7. The quantitative estimate of drug-likeness (QED) is 0.699. The van der Waals surface area contributed by atoms with Crippen LogP contribution >= 0.6 is 11.6 Å². The van der Waals surface area contributed by atoms with E-state index in [2.05, 4.69) is 0 Å². The Morgan fingerprint density at radius 1 is 1.54 bits per heavy atom. The van der Waals surface area contributed by atoms with E-state index in [-0.39, 0.29) is 0 Å². The summed E-state index contributed by atoms with van der Waals surface area (Å²) in [6, 6.07) is 3.53. The molecule has 0 atom stereocenters. The molecule has 0 aromatic heterocycles. The van der Waals surface area contributed by atoms with Crippen molar-refractivity contribution in [2.45, 2.75) is 13.8 Å². The van der Waals surface area contributed by atoms with Crippen LogP contribution in [0.1, 0.15) is 22.8 Å². The minimum absolute atomic E-state index is 0.477. The highest BCUT2D eigenvalue weighted by Crippen LogP contribution is 2.29. The van der Waals surface area contributed by atoms with E-state index in [1.54, 1.807) is 12.1 Å². The van der Waals surface area contributed by atoms with Crippen molar-refractivity contribution in [3.8, 4) is 5.75 Å². The zero-order chi connectivity index (χ0) is 9.84. The molecule has 1 aromatic rings. The van der Waals surface area contributed by atoms with Crippen molar-refractivity contribution in [1.82, 2.24) is 0 Å². The first-order valence-corrected chi connectivity index (χ1v) is 4.45. The van der Waals surface area contributed by atoms with Crippen LogP contribution in [0.4, 0.5) is 0 Å². The average Bonchev–Trinajstić information content (AvgIpc) is 2.09. The van der Waals surface area contributed by atoms with Crippen LogP contribution in [0.3, 0.4) is 0 Å². The molecule has 0 fully saturated rings. The molecule has 0 aliphatic carbocycles. The van der Waals surface area contributed by atoms with Crippen molar-refractivity contribution in [2.75, 3.05) is 6.61 Å². The van der Waals surface area contributed by atoms with Crippen molar-refractivity contribution in [1.29, 1.82) is 0 Å². The highest BCUT2D eigenvalue weighted by atomic mass is 35.5. The average molecular weight is 199 g/mol. The fourth-order valence-electron chi connectivity index (χ4n) is 1.14. The molecule has 3 heteroatoms. The van der Waals surface area contributed by atoms with E-state index in [1.165, 1.54) is 0 Å². The first-order chi connectivity index (χ1) is 6.19. The van der Waals surface area contributed by atoms with E-state index in [0.717, 1.165) is 11.8 Å². The lowest BCUT2D eigenvalue weighted by Gasteiger charge is -2.08. The van der Waals surface area contributed by atoms with Crippen LogP contribution in [0, 0.1) is 6.92 Å². The van der Waals surface area contributed by atoms with Gasteiger partial charge in [-0.25, -0.2) is 0 Å². The van der Waals surface area contributed by atoms with Gasteiger partial charge in [0.15, 0.2) is 6.29 Å². The second-order valence-corrected chi connectivity index (χ2v) is 3.12. The molecule has 0 saturated carbocycles. The fourth-order valence-corrected chi connectivity index (χ4v) is 1.48. The number of rotatable bonds is 3. The Balaban J connectivity index is 3.21. The smallest absolute Gasteiger partial charge is 0.153 e. The first-order valence-electron chi connectivity index (χ1n) is 4.07. The highest BCUT2D eigenvalue weighted by molar-refractivity contribution is 6.32. The maximum Gasteiger partial charge on any atom is 0.153 e. The third-order valence-corrected chi connectivity index (χ3v) is 1.91. The minimum Gasteiger partial charge on any atom is -0.492 e. The van der Waals surface area contributed by atoms with Crippen LogP contribution < -0.4 is 4.74 Å². The van der Waals surface area contributed by atoms with Gasteiger partial charge in [-0.15, -0.1) is 0 Å². The number of ether oxygens (including phenoxy) is 1. The van der Waals surface area contributed by atoms with Gasteiger partial charge in [0.1, 0.15) is 5.75 Å². The SMILES string of the molecule is CCOc1c(Cl)cc(C)cc1C=O. The van der Waals surface area contributed by atoms with Crippen LogP contribution in [0.2, 0.25) is 5.02 Å². The molecule has 0 heterocycles. The third kappa shape index (κ3) is 2.22. The zero-order valence-electron chi connectivity index (χ0n) is 7.63. The maximum atomic E-state index is 10.7. The minimum atomic E-state index is 0.477. The second kappa shape index (κ2) is 4.28. The molecule has 0 aliphatic heterocycles. The van der Waals surface area contributed by atoms with Crippen LogP contribution in [0.5, 0.6) is 5.75 Å². The topological polar surface area (TPSA) is 26.3 Å². The molecule has 0 radical (unpaired) electrons. The third-order valence-electron chi connectivity index (χ3n) is 1.63. The van der Waals surface area contributed by atoms with E-state index < -0.39 is 0 Å². The van der Waals surface area contributed by atoms with Gasteiger partial charge in [-0.3, -0.25) is 4.79 Å². The molecule has 0 saturated heterocycles. The molecule has 1 rings (SSSR count).